The number of fused-ring (bicyclic) bond motifs is 1. The molecule has 17 heavy (non-hydrogen) atoms. The molecule has 1 aliphatic rings. The van der Waals surface area contributed by atoms with E-state index >= 15 is 0 Å². The van der Waals surface area contributed by atoms with Crippen molar-refractivity contribution in [2.24, 2.45) is 0 Å². The highest BCUT2D eigenvalue weighted by atomic mass is 19.3. The monoisotopic (exact) mass is 241 g/mol. The van der Waals surface area contributed by atoms with Gasteiger partial charge in [-0.2, -0.15) is 0 Å². The van der Waals surface area contributed by atoms with E-state index in [9.17, 15) is 8.78 Å². The van der Waals surface area contributed by atoms with E-state index in [0.29, 0.717) is 5.56 Å². The van der Waals surface area contributed by atoms with Crippen LogP contribution in [0.4, 0.5) is 8.78 Å². The van der Waals surface area contributed by atoms with Crippen LogP contribution in [0, 0.1) is 0 Å². The van der Waals surface area contributed by atoms with Gasteiger partial charge in [0.25, 0.3) is 6.43 Å². The van der Waals surface area contributed by atoms with Crippen LogP contribution in [0.2, 0.25) is 0 Å². The van der Waals surface area contributed by atoms with Crippen LogP contribution in [0.5, 0.6) is 0 Å². The molecule has 1 aromatic carbocycles. The molecular formula is C13H17F2NO. The smallest absolute Gasteiger partial charge is 0.268 e. The summed E-state index contributed by atoms with van der Waals surface area (Å²) in [6.45, 7) is 2.87. The number of methoxy groups -OCH3 is 1. The second-order valence-electron chi connectivity index (χ2n) is 4.33. The topological polar surface area (TPSA) is 21.3 Å². The fraction of sp³-hybridized carbons (Fsp3) is 0.538. The minimum absolute atomic E-state index is 0.217. The first-order valence-electron chi connectivity index (χ1n) is 5.81. The summed E-state index contributed by atoms with van der Waals surface area (Å²) in [5, 5.41) is 3.32. The van der Waals surface area contributed by atoms with Crippen molar-refractivity contribution in [2.75, 3.05) is 13.7 Å². The zero-order chi connectivity index (χ0) is 12.4. The van der Waals surface area contributed by atoms with Crippen LogP contribution in [-0.4, -0.2) is 20.1 Å². The Hall–Kier alpha value is -1.00. The average Bonchev–Trinajstić information content (AvgIpc) is 2.31. The highest BCUT2D eigenvalue weighted by Gasteiger charge is 2.27. The Morgan fingerprint density at radius 3 is 2.82 bits per heavy atom. The van der Waals surface area contributed by atoms with E-state index in [0.717, 1.165) is 24.1 Å². The summed E-state index contributed by atoms with van der Waals surface area (Å²) in [6.07, 6.45) is -2.82. The van der Waals surface area contributed by atoms with Gasteiger partial charge >= 0.3 is 0 Å². The minimum Gasteiger partial charge on any atom is -0.371 e. The third-order valence-electron chi connectivity index (χ3n) is 3.33. The molecule has 4 heteroatoms. The van der Waals surface area contributed by atoms with E-state index in [4.69, 9.17) is 4.74 Å². The lowest BCUT2D eigenvalue weighted by atomic mass is 9.89. The maximum Gasteiger partial charge on any atom is 0.268 e. The fourth-order valence-corrected chi connectivity index (χ4v) is 2.47. The molecule has 0 fully saturated rings. The van der Waals surface area contributed by atoms with Crippen LogP contribution in [-0.2, 0) is 11.2 Å². The molecular weight excluding hydrogens is 224 g/mol. The van der Waals surface area contributed by atoms with Crippen LogP contribution in [0.15, 0.2) is 18.2 Å². The van der Waals surface area contributed by atoms with Gasteiger partial charge in [0.2, 0.25) is 0 Å². The van der Waals surface area contributed by atoms with Crippen molar-refractivity contribution in [3.05, 3.63) is 34.9 Å². The molecule has 2 rings (SSSR count). The van der Waals surface area contributed by atoms with Crippen LogP contribution in [0.25, 0.3) is 0 Å². The molecule has 1 unspecified atom stereocenters. The van der Waals surface area contributed by atoms with Crippen LogP contribution < -0.4 is 5.32 Å². The van der Waals surface area contributed by atoms with Gasteiger partial charge in [0.05, 0.1) is 0 Å². The average molecular weight is 241 g/mol. The van der Waals surface area contributed by atoms with Crippen LogP contribution >= 0.6 is 0 Å². The Kier molecular flexibility index (Phi) is 3.74. The van der Waals surface area contributed by atoms with Gasteiger partial charge in [-0.15, -0.1) is 0 Å². The number of hydrogen-bond donors (Lipinski definition) is 1. The summed E-state index contributed by atoms with van der Waals surface area (Å²) in [5.74, 6) is 0. The van der Waals surface area contributed by atoms with Gasteiger partial charge in [0.1, 0.15) is 6.10 Å². The molecule has 0 radical (unpaired) electrons. The second kappa shape index (κ2) is 5.10. The number of hydrogen-bond acceptors (Lipinski definition) is 2. The molecule has 0 amide bonds. The maximum atomic E-state index is 12.9. The number of nitrogens with one attached hydrogen (secondary N) is 1. The molecule has 0 aliphatic carbocycles. The summed E-state index contributed by atoms with van der Waals surface area (Å²) in [7, 11) is 1.33. The molecule has 1 heterocycles. The van der Waals surface area contributed by atoms with Gasteiger partial charge in [0, 0.05) is 13.2 Å². The lowest BCUT2D eigenvalue weighted by molar-refractivity contribution is -0.0348. The van der Waals surface area contributed by atoms with Crippen molar-refractivity contribution in [2.45, 2.75) is 31.9 Å². The van der Waals surface area contributed by atoms with Gasteiger partial charge in [-0.05, 0) is 36.6 Å². The van der Waals surface area contributed by atoms with E-state index in [1.807, 2.05) is 19.1 Å². The van der Waals surface area contributed by atoms with E-state index in [1.165, 1.54) is 7.11 Å². The van der Waals surface area contributed by atoms with Crippen LogP contribution in [0.3, 0.4) is 0 Å². The lowest BCUT2D eigenvalue weighted by Gasteiger charge is -2.28. The zero-order valence-corrected chi connectivity index (χ0v) is 10.0. The molecule has 0 spiro atoms. The minimum atomic E-state index is -2.49. The Labute approximate surface area is 100.0 Å². The summed E-state index contributed by atoms with van der Waals surface area (Å²) in [6, 6.07) is 5.78. The molecule has 0 aromatic heterocycles. The van der Waals surface area contributed by atoms with Crippen molar-refractivity contribution in [3.63, 3.8) is 0 Å². The zero-order valence-electron chi connectivity index (χ0n) is 10.0. The molecule has 1 aliphatic heterocycles. The Balaban J connectivity index is 2.44. The molecule has 0 saturated heterocycles. The first-order valence-corrected chi connectivity index (χ1v) is 5.81. The van der Waals surface area contributed by atoms with E-state index in [-0.39, 0.29) is 6.04 Å². The van der Waals surface area contributed by atoms with E-state index in [2.05, 4.69) is 5.32 Å². The first kappa shape index (κ1) is 12.5. The molecule has 1 N–H and O–H groups in total. The van der Waals surface area contributed by atoms with Crippen molar-refractivity contribution < 1.29 is 13.5 Å². The highest BCUT2D eigenvalue weighted by Crippen LogP contribution is 2.33. The van der Waals surface area contributed by atoms with Gasteiger partial charge in [0.15, 0.2) is 0 Å². The number of benzene rings is 1. The molecule has 2 atom stereocenters. The summed E-state index contributed by atoms with van der Waals surface area (Å²) < 4.78 is 30.8. The van der Waals surface area contributed by atoms with Gasteiger partial charge in [-0.1, -0.05) is 18.2 Å². The molecule has 2 nitrogen and oxygen atoms in total. The quantitative estimate of drug-likeness (QED) is 0.878. The maximum absolute atomic E-state index is 12.9. The fourth-order valence-electron chi connectivity index (χ4n) is 2.47. The lowest BCUT2D eigenvalue weighted by Crippen LogP contribution is -2.29. The largest absolute Gasteiger partial charge is 0.371 e. The third-order valence-corrected chi connectivity index (χ3v) is 3.33. The van der Waals surface area contributed by atoms with Gasteiger partial charge in [-0.25, -0.2) is 8.78 Å². The summed E-state index contributed by atoms with van der Waals surface area (Å²) in [5.41, 5.74) is 2.76. The summed E-state index contributed by atoms with van der Waals surface area (Å²) >= 11 is 0. The van der Waals surface area contributed by atoms with Crippen molar-refractivity contribution in [1.29, 1.82) is 0 Å². The summed E-state index contributed by atoms with van der Waals surface area (Å²) in [4.78, 5) is 0. The molecule has 1 aromatic rings. The molecule has 94 valence electrons. The van der Waals surface area contributed by atoms with E-state index in [1.54, 1.807) is 6.07 Å². The van der Waals surface area contributed by atoms with Crippen molar-refractivity contribution in [1.82, 2.24) is 5.32 Å². The number of rotatable bonds is 3. The number of alkyl halides is 2. The van der Waals surface area contributed by atoms with Crippen molar-refractivity contribution in [3.8, 4) is 0 Å². The predicted molar refractivity (Wildman–Crippen MR) is 62.3 cm³/mol. The Morgan fingerprint density at radius 2 is 2.18 bits per heavy atom. The van der Waals surface area contributed by atoms with E-state index < -0.39 is 12.5 Å². The van der Waals surface area contributed by atoms with Gasteiger partial charge < -0.3 is 10.1 Å². The Morgan fingerprint density at radius 1 is 1.41 bits per heavy atom. The Bertz CT molecular complexity index is 395. The normalized spacial score (nSPS) is 21.4. The molecule has 0 saturated carbocycles. The third kappa shape index (κ3) is 2.33. The standard InChI is InChI=1S/C13H17F2NO/c1-8-9-4-3-5-11(10(9)6-7-16-8)12(17-2)13(14)15/h3-5,8,12-13,16H,6-7H2,1-2H3/t8-,12?/m0/s1. The SMILES string of the molecule is COC(c1cccc2c1CCN[C@H]2C)C(F)F. The number of halogens is 2. The van der Waals surface area contributed by atoms with Crippen molar-refractivity contribution >= 4 is 0 Å². The first-order chi connectivity index (χ1) is 8.15. The van der Waals surface area contributed by atoms with Crippen LogP contribution in [0.1, 0.15) is 35.8 Å². The highest BCUT2D eigenvalue weighted by molar-refractivity contribution is 5.40. The number of ether oxygens (including phenoxy) is 1. The predicted octanol–water partition coefficient (Wildman–Crippen LogP) is 2.85. The van der Waals surface area contributed by atoms with Gasteiger partial charge in [-0.3, -0.25) is 0 Å². The molecule has 0 bridgehead atoms. The second-order valence-corrected chi connectivity index (χ2v) is 4.33.